The Bertz CT molecular complexity index is 2540. The molecule has 0 amide bonds. The Morgan fingerprint density at radius 1 is 0.279 bits per heavy atom. The molecule has 5 unspecified atom stereocenters. The number of allylic oxidation sites excluding steroid dienone is 24. The second kappa shape index (κ2) is 76.1. The Morgan fingerprint density at radius 3 is 0.808 bits per heavy atom. The van der Waals surface area contributed by atoms with Gasteiger partial charge < -0.3 is 33.8 Å². The van der Waals surface area contributed by atoms with Gasteiger partial charge in [-0.05, 0) is 135 Å². The fraction of sp³-hybridized carbons (Fsp3) is 0.671. The highest BCUT2D eigenvalue weighted by Gasteiger charge is 2.30. The lowest BCUT2D eigenvalue weighted by Crippen LogP contribution is -2.30. The summed E-state index contributed by atoms with van der Waals surface area (Å²) in [7, 11) is -9.99. The Labute approximate surface area is 630 Å². The molecule has 0 saturated carbocycles. The van der Waals surface area contributed by atoms with Crippen LogP contribution in [0.5, 0.6) is 0 Å². The first-order valence-corrected chi connectivity index (χ1v) is 43.1. The van der Waals surface area contributed by atoms with Gasteiger partial charge in [0.1, 0.15) is 19.3 Å². The average Bonchev–Trinajstić information content (AvgIpc) is 0.917. The number of esters is 4. The van der Waals surface area contributed by atoms with E-state index in [1.54, 1.807) is 0 Å². The van der Waals surface area contributed by atoms with Gasteiger partial charge in [-0.2, -0.15) is 0 Å². The topological polar surface area (TPSA) is 237 Å². The molecule has 0 aromatic rings. The molecule has 5 atom stereocenters. The molecule has 594 valence electrons. The number of phosphoric acid groups is 2. The summed E-state index contributed by atoms with van der Waals surface area (Å²) >= 11 is 0. The number of carbonyl (C=O) groups excluding carboxylic acids is 4. The zero-order chi connectivity index (χ0) is 76.0. The number of rotatable bonds is 74. The summed E-state index contributed by atoms with van der Waals surface area (Å²) in [6.07, 6.45) is 86.9. The molecule has 104 heavy (non-hydrogen) atoms. The van der Waals surface area contributed by atoms with Gasteiger partial charge in [0.2, 0.25) is 0 Å². The molecule has 0 aromatic heterocycles. The standard InChI is InChI=1S/C85H142O17P2/c1-5-9-13-17-21-25-29-33-36-38-39-41-43-47-50-54-58-62-66-70-83(88)96-76-81(102-85(90)72-68-64-60-56-52-48-44-40-37-34-30-26-22-18-14-10-6-2)78-100-104(93,94)98-74-79(86)73-97-103(91,92)99-77-80(101-84(89)71-67-63-59-55-51-45-32-28-24-20-16-12-8-4)75-95-82(87)69-65-61-57-53-49-46-42-35-31-27-23-19-15-11-7-3/h9-11,13-15,21-23,25-27,33-37,39,41-42,44,48,56,60,79-81,86H,5-8,12,16-20,24,28-32,38,40,43,45-47,49-55,57-59,61-78H2,1-4H3,(H,91,92)(H,93,94)/b13-9-,14-10-,15-11-,25-21-,26-22-,27-23-,36-33-,37-34-,41-39-,42-35-,48-44-,60-56-. The fourth-order valence-corrected chi connectivity index (χ4v) is 11.9. The normalized spacial score (nSPS) is 14.6. The van der Waals surface area contributed by atoms with Gasteiger partial charge in [-0.15, -0.1) is 0 Å². The maximum atomic E-state index is 13.1. The summed E-state index contributed by atoms with van der Waals surface area (Å²) < 4.78 is 68.6. The van der Waals surface area contributed by atoms with E-state index in [9.17, 15) is 43.2 Å². The van der Waals surface area contributed by atoms with Crippen molar-refractivity contribution >= 4 is 39.5 Å². The SMILES string of the molecule is CC/C=C\C/C=C\C/C=C\C/C=C\C/C=C\CCCC(=O)OC(COC(=O)CCCCCCCC/C=C\C/C=C\C/C=C\C/C=C\CC)COP(=O)(O)OCC(O)COP(=O)(O)OCC(COC(=O)CCCCCCC/C=C\C/C=C\C/C=C\CC)OC(=O)CCCCCCCCCCCCCCC. The van der Waals surface area contributed by atoms with E-state index < -0.39 is 97.5 Å². The molecular formula is C85H142O17P2. The third-order valence-corrected chi connectivity index (χ3v) is 18.2. The predicted molar refractivity (Wildman–Crippen MR) is 427 cm³/mol. The third-order valence-electron chi connectivity index (χ3n) is 16.3. The van der Waals surface area contributed by atoms with E-state index in [1.165, 1.54) is 51.4 Å². The van der Waals surface area contributed by atoms with E-state index in [4.69, 9.17) is 37.0 Å². The van der Waals surface area contributed by atoms with Crippen molar-refractivity contribution in [3.8, 4) is 0 Å². The van der Waals surface area contributed by atoms with Crippen LogP contribution in [0.25, 0.3) is 0 Å². The highest BCUT2D eigenvalue weighted by Crippen LogP contribution is 2.45. The zero-order valence-electron chi connectivity index (χ0n) is 64.9. The van der Waals surface area contributed by atoms with Crippen molar-refractivity contribution in [1.82, 2.24) is 0 Å². The van der Waals surface area contributed by atoms with Crippen molar-refractivity contribution in [2.24, 2.45) is 0 Å². The fourth-order valence-electron chi connectivity index (χ4n) is 10.3. The molecule has 0 aromatic carbocycles. The van der Waals surface area contributed by atoms with Crippen molar-refractivity contribution in [1.29, 1.82) is 0 Å². The van der Waals surface area contributed by atoms with Crippen LogP contribution in [0, 0.1) is 0 Å². The van der Waals surface area contributed by atoms with Crippen LogP contribution in [0.4, 0.5) is 0 Å². The third kappa shape index (κ3) is 75.2. The number of aliphatic hydroxyl groups is 1. The van der Waals surface area contributed by atoms with Crippen molar-refractivity contribution in [3.63, 3.8) is 0 Å². The first-order chi connectivity index (χ1) is 50.7. The molecule has 0 saturated heterocycles. The van der Waals surface area contributed by atoms with Gasteiger partial charge in [0.25, 0.3) is 0 Å². The van der Waals surface area contributed by atoms with Crippen molar-refractivity contribution in [2.45, 2.75) is 329 Å². The first-order valence-electron chi connectivity index (χ1n) is 40.1. The van der Waals surface area contributed by atoms with Gasteiger partial charge in [0.05, 0.1) is 26.4 Å². The number of unbranched alkanes of at least 4 members (excludes halogenated alkanes) is 24. The van der Waals surface area contributed by atoms with E-state index in [0.29, 0.717) is 32.1 Å². The van der Waals surface area contributed by atoms with E-state index in [2.05, 4.69) is 161 Å². The van der Waals surface area contributed by atoms with Gasteiger partial charge in [-0.3, -0.25) is 37.3 Å². The van der Waals surface area contributed by atoms with Crippen molar-refractivity contribution < 1.29 is 80.2 Å². The minimum absolute atomic E-state index is 0.00912. The molecule has 0 radical (unpaired) electrons. The Hall–Kier alpha value is -5.06. The molecule has 0 aliphatic rings. The van der Waals surface area contributed by atoms with Gasteiger partial charge in [-0.25, -0.2) is 9.13 Å². The number of hydrogen-bond donors (Lipinski definition) is 3. The molecule has 0 rings (SSSR count). The summed E-state index contributed by atoms with van der Waals surface area (Å²) in [4.78, 5) is 73.0. The van der Waals surface area contributed by atoms with E-state index in [0.717, 1.165) is 173 Å². The van der Waals surface area contributed by atoms with Gasteiger partial charge in [0.15, 0.2) is 12.2 Å². The average molecular weight is 1500 g/mol. The van der Waals surface area contributed by atoms with Crippen LogP contribution in [0.2, 0.25) is 0 Å². The van der Waals surface area contributed by atoms with Crippen LogP contribution in [-0.4, -0.2) is 96.7 Å². The van der Waals surface area contributed by atoms with Gasteiger partial charge >= 0.3 is 39.5 Å². The molecule has 0 aliphatic carbocycles. The molecular weight excluding hydrogens is 1350 g/mol. The number of hydrogen-bond acceptors (Lipinski definition) is 15. The Morgan fingerprint density at radius 2 is 0.510 bits per heavy atom. The number of carbonyl (C=O) groups is 4. The molecule has 17 nitrogen and oxygen atoms in total. The number of phosphoric ester groups is 2. The molecule has 0 heterocycles. The molecule has 0 aliphatic heterocycles. The summed E-state index contributed by atoms with van der Waals surface area (Å²) in [5, 5.41) is 10.6. The largest absolute Gasteiger partial charge is 0.472 e. The number of aliphatic hydroxyl groups excluding tert-OH is 1. The maximum absolute atomic E-state index is 13.1. The maximum Gasteiger partial charge on any atom is 0.472 e. The smallest absolute Gasteiger partial charge is 0.462 e. The minimum atomic E-state index is -5.00. The number of ether oxygens (including phenoxy) is 4. The van der Waals surface area contributed by atoms with Crippen LogP contribution in [0.1, 0.15) is 310 Å². The second-order valence-corrected chi connectivity index (χ2v) is 29.1. The van der Waals surface area contributed by atoms with E-state index in [1.807, 2.05) is 12.2 Å². The summed E-state index contributed by atoms with van der Waals surface area (Å²) in [5.74, 6) is -2.27. The van der Waals surface area contributed by atoms with Crippen LogP contribution < -0.4 is 0 Å². The van der Waals surface area contributed by atoms with Crippen LogP contribution in [0.15, 0.2) is 146 Å². The lowest BCUT2D eigenvalue weighted by atomic mass is 10.0. The highest BCUT2D eigenvalue weighted by molar-refractivity contribution is 7.47. The lowest BCUT2D eigenvalue weighted by Gasteiger charge is -2.21. The zero-order valence-corrected chi connectivity index (χ0v) is 66.7. The second-order valence-electron chi connectivity index (χ2n) is 26.2. The van der Waals surface area contributed by atoms with E-state index in [-0.39, 0.29) is 25.7 Å². The first kappa shape index (κ1) is 98.9. The van der Waals surface area contributed by atoms with Crippen LogP contribution >= 0.6 is 15.6 Å². The van der Waals surface area contributed by atoms with Gasteiger partial charge in [0, 0.05) is 25.7 Å². The van der Waals surface area contributed by atoms with E-state index >= 15 is 0 Å². The monoisotopic (exact) mass is 1500 g/mol. The lowest BCUT2D eigenvalue weighted by molar-refractivity contribution is -0.161. The quantitative estimate of drug-likeness (QED) is 0.0169. The van der Waals surface area contributed by atoms with Gasteiger partial charge in [-0.1, -0.05) is 296 Å². The summed E-state index contributed by atoms with van der Waals surface area (Å²) in [5.41, 5.74) is 0. The molecule has 0 bridgehead atoms. The minimum Gasteiger partial charge on any atom is -0.462 e. The Kier molecular flexibility index (Phi) is 72.4. The summed E-state index contributed by atoms with van der Waals surface area (Å²) in [6.45, 7) is 4.45. The predicted octanol–water partition coefficient (Wildman–Crippen LogP) is 23.4. The van der Waals surface area contributed by atoms with Crippen LogP contribution in [0.3, 0.4) is 0 Å². The molecule has 0 fully saturated rings. The Balaban J connectivity index is 5.43. The summed E-state index contributed by atoms with van der Waals surface area (Å²) in [6, 6.07) is 0. The molecule has 0 spiro atoms. The van der Waals surface area contributed by atoms with Crippen LogP contribution in [-0.2, 0) is 65.4 Å². The highest BCUT2D eigenvalue weighted by atomic mass is 31.2. The molecule has 19 heteroatoms. The van der Waals surface area contributed by atoms with Crippen molar-refractivity contribution in [2.75, 3.05) is 39.6 Å². The van der Waals surface area contributed by atoms with Crippen molar-refractivity contribution in [3.05, 3.63) is 146 Å². The molecule has 3 N–H and O–H groups in total.